The second-order valence-electron chi connectivity index (χ2n) is 4.02. The van der Waals surface area contributed by atoms with Gasteiger partial charge in [-0.05, 0) is 25.5 Å². The lowest BCUT2D eigenvalue weighted by molar-refractivity contribution is -0.0454. The van der Waals surface area contributed by atoms with Crippen molar-refractivity contribution in [3.63, 3.8) is 0 Å². The Morgan fingerprint density at radius 3 is 2.06 bits per heavy atom. The molecule has 3 nitrogen and oxygen atoms in total. The molecule has 7 heteroatoms. The predicted molar refractivity (Wildman–Crippen MR) is 63.7 cm³/mol. The van der Waals surface area contributed by atoms with E-state index >= 15 is 0 Å². The molecule has 0 heterocycles. The van der Waals surface area contributed by atoms with Crippen molar-refractivity contribution in [1.29, 1.82) is 0 Å². The van der Waals surface area contributed by atoms with E-state index in [1.807, 2.05) is 0 Å². The molecule has 18 heavy (non-hydrogen) atoms. The van der Waals surface area contributed by atoms with Gasteiger partial charge in [-0.15, -0.1) is 0 Å². The van der Waals surface area contributed by atoms with E-state index in [0.29, 0.717) is 5.69 Å². The maximum Gasteiger partial charge on any atom is 0.499 e. The van der Waals surface area contributed by atoms with Crippen LogP contribution in [0.15, 0.2) is 30.3 Å². The molecular formula is C11H14F3NO2S. The lowest BCUT2D eigenvalue weighted by Crippen LogP contribution is -2.49. The van der Waals surface area contributed by atoms with E-state index in [-0.39, 0.29) is 6.42 Å². The third kappa shape index (κ3) is 2.60. The highest BCUT2D eigenvalue weighted by Gasteiger charge is 2.56. The number of nitrogens with one attached hydrogen (secondary N) is 1. The van der Waals surface area contributed by atoms with Gasteiger partial charge in [0.1, 0.15) is 4.87 Å². The van der Waals surface area contributed by atoms with Crippen LogP contribution in [0, 0.1) is 0 Å². The summed E-state index contributed by atoms with van der Waals surface area (Å²) in [5.74, 6) is 0. The Balaban J connectivity index is 3.16. The third-order valence-electron chi connectivity index (χ3n) is 2.76. The summed E-state index contributed by atoms with van der Waals surface area (Å²) in [6.07, 6.45) is -0.205. The van der Waals surface area contributed by atoms with Crippen LogP contribution in [0.3, 0.4) is 0 Å². The van der Waals surface area contributed by atoms with Crippen LogP contribution in [-0.4, -0.2) is 18.8 Å². The fourth-order valence-corrected chi connectivity index (χ4v) is 2.57. The molecule has 0 saturated heterocycles. The molecule has 0 aromatic heterocycles. The van der Waals surface area contributed by atoms with Crippen molar-refractivity contribution in [2.45, 2.75) is 30.6 Å². The molecule has 0 fully saturated rings. The number of benzene rings is 1. The minimum absolute atomic E-state index is 0.205. The van der Waals surface area contributed by atoms with E-state index in [0.717, 1.165) is 6.92 Å². The highest BCUT2D eigenvalue weighted by molar-refractivity contribution is 7.93. The van der Waals surface area contributed by atoms with E-state index in [1.165, 1.54) is 19.1 Å². The van der Waals surface area contributed by atoms with Crippen molar-refractivity contribution in [1.82, 2.24) is 0 Å². The van der Waals surface area contributed by atoms with Gasteiger partial charge in [0.15, 0.2) is 0 Å². The molecule has 1 atom stereocenters. The number of anilines is 1. The van der Waals surface area contributed by atoms with Crippen LogP contribution in [0.25, 0.3) is 0 Å². The Morgan fingerprint density at radius 2 is 1.67 bits per heavy atom. The van der Waals surface area contributed by atoms with Crippen LogP contribution in [0.4, 0.5) is 18.9 Å². The van der Waals surface area contributed by atoms with Crippen molar-refractivity contribution in [2.24, 2.45) is 0 Å². The van der Waals surface area contributed by atoms with Crippen molar-refractivity contribution in [3.8, 4) is 0 Å². The molecule has 0 spiro atoms. The van der Waals surface area contributed by atoms with Crippen LogP contribution in [0.1, 0.15) is 20.3 Å². The molecule has 1 aromatic carbocycles. The van der Waals surface area contributed by atoms with Gasteiger partial charge in [-0.1, -0.05) is 25.1 Å². The first-order chi connectivity index (χ1) is 8.14. The normalized spacial score (nSPS) is 16.1. The Morgan fingerprint density at radius 1 is 1.17 bits per heavy atom. The van der Waals surface area contributed by atoms with E-state index in [2.05, 4.69) is 5.32 Å². The van der Waals surface area contributed by atoms with Crippen LogP contribution in [0.2, 0.25) is 0 Å². The van der Waals surface area contributed by atoms with Crippen molar-refractivity contribution in [3.05, 3.63) is 30.3 Å². The molecule has 0 bridgehead atoms. The molecule has 0 radical (unpaired) electrons. The number of halogens is 3. The van der Waals surface area contributed by atoms with Crippen molar-refractivity contribution < 1.29 is 21.6 Å². The van der Waals surface area contributed by atoms with E-state index in [1.54, 1.807) is 18.2 Å². The van der Waals surface area contributed by atoms with Gasteiger partial charge in [-0.3, -0.25) is 0 Å². The van der Waals surface area contributed by atoms with Crippen LogP contribution < -0.4 is 5.32 Å². The first-order valence-corrected chi connectivity index (χ1v) is 6.76. The first kappa shape index (κ1) is 14.8. The Kier molecular flexibility index (Phi) is 3.95. The summed E-state index contributed by atoms with van der Waals surface area (Å²) in [7, 11) is -5.30. The standard InChI is InChI=1S/C11H14F3NO2S/c1-3-10(2,18(16,17)11(12,13)14)15-9-7-5-4-6-8-9/h4-8,15H,3H2,1-2H3. The smallest absolute Gasteiger partial charge is 0.367 e. The molecule has 0 amide bonds. The number of sulfone groups is 1. The summed E-state index contributed by atoms with van der Waals surface area (Å²) in [4.78, 5) is -2.08. The molecule has 0 aliphatic carbocycles. The maximum atomic E-state index is 12.6. The van der Waals surface area contributed by atoms with Crippen LogP contribution in [0.5, 0.6) is 0 Å². The largest absolute Gasteiger partial charge is 0.499 e. The quantitative estimate of drug-likeness (QED) is 0.922. The van der Waals surface area contributed by atoms with Gasteiger partial charge >= 0.3 is 5.51 Å². The van der Waals surface area contributed by atoms with E-state index in [9.17, 15) is 21.6 Å². The number of alkyl halides is 3. The summed E-state index contributed by atoms with van der Waals surface area (Å²) in [6.45, 7) is 2.42. The Bertz CT molecular complexity index is 499. The van der Waals surface area contributed by atoms with Gasteiger partial charge in [0.05, 0.1) is 0 Å². The molecule has 102 valence electrons. The van der Waals surface area contributed by atoms with Gasteiger partial charge in [0, 0.05) is 5.69 Å². The van der Waals surface area contributed by atoms with Crippen LogP contribution >= 0.6 is 0 Å². The van der Waals surface area contributed by atoms with E-state index in [4.69, 9.17) is 0 Å². The highest BCUT2D eigenvalue weighted by Crippen LogP contribution is 2.36. The minimum Gasteiger partial charge on any atom is -0.367 e. The second-order valence-corrected chi connectivity index (χ2v) is 6.40. The van der Waals surface area contributed by atoms with Crippen LogP contribution in [-0.2, 0) is 9.84 Å². The zero-order valence-corrected chi connectivity index (χ0v) is 10.8. The summed E-state index contributed by atoms with van der Waals surface area (Å²) in [5, 5.41) is 2.44. The molecule has 1 N–H and O–H groups in total. The highest BCUT2D eigenvalue weighted by atomic mass is 32.2. The van der Waals surface area contributed by atoms with Crippen molar-refractivity contribution in [2.75, 3.05) is 5.32 Å². The maximum absolute atomic E-state index is 12.6. The zero-order chi connectivity index (χ0) is 14.0. The fourth-order valence-electron chi connectivity index (χ4n) is 1.43. The minimum atomic E-state index is -5.30. The number of hydrogen-bond donors (Lipinski definition) is 1. The first-order valence-electron chi connectivity index (χ1n) is 5.28. The summed E-state index contributed by atoms with van der Waals surface area (Å²) >= 11 is 0. The van der Waals surface area contributed by atoms with Gasteiger partial charge in [0.25, 0.3) is 9.84 Å². The summed E-state index contributed by atoms with van der Waals surface area (Å²) in [6, 6.07) is 7.93. The zero-order valence-electron chi connectivity index (χ0n) is 9.95. The summed E-state index contributed by atoms with van der Waals surface area (Å²) in [5.41, 5.74) is -4.95. The molecular weight excluding hydrogens is 267 g/mol. The second kappa shape index (κ2) is 4.79. The monoisotopic (exact) mass is 281 g/mol. The third-order valence-corrected chi connectivity index (χ3v) is 4.94. The van der Waals surface area contributed by atoms with Gasteiger partial charge in [-0.25, -0.2) is 8.42 Å². The molecule has 1 unspecified atom stereocenters. The SMILES string of the molecule is CCC(C)(Nc1ccccc1)S(=O)(=O)C(F)(F)F. The average molecular weight is 281 g/mol. The van der Waals surface area contributed by atoms with Gasteiger partial charge < -0.3 is 5.32 Å². The number of hydrogen-bond acceptors (Lipinski definition) is 3. The van der Waals surface area contributed by atoms with E-state index < -0.39 is 20.2 Å². The average Bonchev–Trinajstić information content (AvgIpc) is 2.28. The number of para-hydroxylation sites is 1. The Labute approximate surface area is 104 Å². The molecule has 1 rings (SSSR count). The van der Waals surface area contributed by atoms with Gasteiger partial charge in [-0.2, -0.15) is 13.2 Å². The molecule has 1 aromatic rings. The molecule has 0 saturated carbocycles. The Hall–Kier alpha value is -1.24. The lowest BCUT2D eigenvalue weighted by atomic mass is 10.2. The lowest BCUT2D eigenvalue weighted by Gasteiger charge is -2.31. The molecule has 0 aliphatic heterocycles. The fraction of sp³-hybridized carbons (Fsp3) is 0.455. The summed E-state index contributed by atoms with van der Waals surface area (Å²) < 4.78 is 60.8. The topological polar surface area (TPSA) is 46.2 Å². The van der Waals surface area contributed by atoms with Crippen molar-refractivity contribution >= 4 is 15.5 Å². The predicted octanol–water partition coefficient (Wildman–Crippen LogP) is 3.16. The molecule has 0 aliphatic rings. The van der Waals surface area contributed by atoms with Gasteiger partial charge in [0.2, 0.25) is 0 Å². The number of rotatable bonds is 4.